The molecule has 4 heteroatoms. The largest absolute Gasteiger partial charge is 0.326 e. The predicted molar refractivity (Wildman–Crippen MR) is 141 cm³/mol. The molecule has 1 aliphatic rings. The number of carbonyl (C=O) groups excluding carboxylic acids is 1. The maximum Gasteiger partial charge on any atom is 0.230 e. The van der Waals surface area contributed by atoms with Gasteiger partial charge in [0.1, 0.15) is 0 Å². The van der Waals surface area contributed by atoms with Crippen LogP contribution in [-0.4, -0.2) is 23.5 Å². The molecule has 1 saturated carbocycles. The van der Waals surface area contributed by atoms with Crippen LogP contribution in [0.15, 0.2) is 72.9 Å². The predicted octanol–water partition coefficient (Wildman–Crippen LogP) is 6.21. The standard InChI is InChI=1S/C30H37N3O/c1-4-8-22-10-12-23(13-11-22)24-14-16-25(17-15-24)33(20-28(31)21(3)5-2)30(34)27-19-26(27)29-9-6-7-18-32-29/h6-7,9-18,21,26-28H,4-5,8,19-20,31H2,1-3H3/t21-,26?,27?,28+/m0/s1. The Labute approximate surface area is 204 Å². The van der Waals surface area contributed by atoms with Crippen LogP contribution >= 0.6 is 0 Å². The maximum atomic E-state index is 13.6. The average molecular weight is 456 g/mol. The van der Waals surface area contributed by atoms with Gasteiger partial charge in [0.2, 0.25) is 5.91 Å². The Kier molecular flexibility index (Phi) is 7.79. The Bertz CT molecular complexity index is 1060. The SMILES string of the molecule is CCCc1ccc(-c2ccc(N(C[C@@H](N)[C@@H](C)CC)C(=O)C3CC3c3ccccn3)cc2)cc1. The van der Waals surface area contributed by atoms with Crippen molar-refractivity contribution in [2.45, 2.75) is 58.4 Å². The summed E-state index contributed by atoms with van der Waals surface area (Å²) < 4.78 is 0. The van der Waals surface area contributed by atoms with E-state index in [1.165, 1.54) is 11.1 Å². The first-order valence-electron chi connectivity index (χ1n) is 12.7. The van der Waals surface area contributed by atoms with Gasteiger partial charge in [-0.25, -0.2) is 0 Å². The van der Waals surface area contributed by atoms with Crippen molar-refractivity contribution >= 4 is 11.6 Å². The van der Waals surface area contributed by atoms with E-state index < -0.39 is 0 Å². The van der Waals surface area contributed by atoms with Gasteiger partial charge >= 0.3 is 0 Å². The topological polar surface area (TPSA) is 59.2 Å². The molecule has 0 saturated heterocycles. The normalized spacial score (nSPS) is 18.8. The van der Waals surface area contributed by atoms with E-state index in [0.717, 1.165) is 42.6 Å². The summed E-state index contributed by atoms with van der Waals surface area (Å²) >= 11 is 0. The minimum atomic E-state index is -0.0632. The van der Waals surface area contributed by atoms with Crippen LogP contribution in [0, 0.1) is 11.8 Å². The first-order valence-corrected chi connectivity index (χ1v) is 12.7. The number of hydrogen-bond acceptors (Lipinski definition) is 3. The lowest BCUT2D eigenvalue weighted by Crippen LogP contribution is -2.45. The molecule has 0 bridgehead atoms. The molecule has 1 aliphatic carbocycles. The number of aromatic nitrogens is 1. The second-order valence-electron chi connectivity index (χ2n) is 9.70. The molecule has 34 heavy (non-hydrogen) atoms. The van der Waals surface area contributed by atoms with Crippen molar-refractivity contribution in [1.82, 2.24) is 4.98 Å². The van der Waals surface area contributed by atoms with Crippen LogP contribution < -0.4 is 10.6 Å². The molecule has 1 amide bonds. The molecule has 1 heterocycles. The van der Waals surface area contributed by atoms with Gasteiger partial charge in [0.15, 0.2) is 0 Å². The summed E-state index contributed by atoms with van der Waals surface area (Å²) in [5.74, 6) is 0.690. The van der Waals surface area contributed by atoms with Crippen molar-refractivity contribution in [3.8, 4) is 11.1 Å². The smallest absolute Gasteiger partial charge is 0.230 e. The number of amides is 1. The molecule has 4 rings (SSSR count). The van der Waals surface area contributed by atoms with E-state index in [9.17, 15) is 4.79 Å². The van der Waals surface area contributed by atoms with Gasteiger partial charge in [-0.1, -0.05) is 76.1 Å². The summed E-state index contributed by atoms with van der Waals surface area (Å²) in [6.07, 6.45) is 5.91. The molecular weight excluding hydrogens is 418 g/mol. The Morgan fingerprint density at radius 3 is 2.29 bits per heavy atom. The number of nitrogens with two attached hydrogens (primary N) is 1. The molecule has 178 valence electrons. The molecule has 0 spiro atoms. The van der Waals surface area contributed by atoms with Gasteiger partial charge in [-0.2, -0.15) is 0 Å². The number of pyridine rings is 1. The molecule has 2 aromatic carbocycles. The second kappa shape index (κ2) is 11.0. The molecule has 1 aromatic heterocycles. The van der Waals surface area contributed by atoms with Gasteiger partial charge in [-0.3, -0.25) is 9.78 Å². The minimum absolute atomic E-state index is 0.0233. The number of hydrogen-bond donors (Lipinski definition) is 1. The summed E-state index contributed by atoms with van der Waals surface area (Å²) in [4.78, 5) is 20.0. The summed E-state index contributed by atoms with van der Waals surface area (Å²) in [6.45, 7) is 7.04. The molecule has 3 aromatic rings. The van der Waals surface area contributed by atoms with Crippen LogP contribution in [0.25, 0.3) is 11.1 Å². The Balaban J connectivity index is 1.54. The fourth-order valence-electron chi connectivity index (χ4n) is 4.59. The maximum absolute atomic E-state index is 13.6. The molecule has 0 aliphatic heterocycles. The zero-order valence-corrected chi connectivity index (χ0v) is 20.7. The van der Waals surface area contributed by atoms with Crippen molar-refractivity contribution < 1.29 is 4.79 Å². The van der Waals surface area contributed by atoms with Crippen LogP contribution in [0.4, 0.5) is 5.69 Å². The second-order valence-corrected chi connectivity index (χ2v) is 9.70. The van der Waals surface area contributed by atoms with Gasteiger partial charge in [-0.05, 0) is 59.7 Å². The fourth-order valence-corrected chi connectivity index (χ4v) is 4.59. The van der Waals surface area contributed by atoms with Gasteiger partial charge in [0, 0.05) is 42.0 Å². The highest BCUT2D eigenvalue weighted by molar-refractivity contribution is 5.97. The lowest BCUT2D eigenvalue weighted by atomic mass is 9.98. The van der Waals surface area contributed by atoms with E-state index in [-0.39, 0.29) is 23.8 Å². The van der Waals surface area contributed by atoms with Crippen LogP contribution in [0.1, 0.15) is 57.2 Å². The third kappa shape index (κ3) is 5.56. The number of carbonyl (C=O) groups is 1. The third-order valence-corrected chi connectivity index (χ3v) is 7.21. The monoisotopic (exact) mass is 455 g/mol. The molecule has 1 fully saturated rings. The zero-order valence-electron chi connectivity index (χ0n) is 20.7. The van der Waals surface area contributed by atoms with E-state index >= 15 is 0 Å². The third-order valence-electron chi connectivity index (χ3n) is 7.21. The van der Waals surface area contributed by atoms with Crippen molar-refractivity contribution in [3.05, 3.63) is 84.2 Å². The van der Waals surface area contributed by atoms with E-state index in [4.69, 9.17) is 5.73 Å². The highest BCUT2D eigenvalue weighted by atomic mass is 16.2. The van der Waals surface area contributed by atoms with E-state index in [1.807, 2.05) is 23.1 Å². The quantitative estimate of drug-likeness (QED) is 0.395. The highest BCUT2D eigenvalue weighted by Crippen LogP contribution is 2.48. The summed E-state index contributed by atoms with van der Waals surface area (Å²) in [5, 5.41) is 0. The molecule has 4 nitrogen and oxygen atoms in total. The van der Waals surface area contributed by atoms with Crippen molar-refractivity contribution in [3.63, 3.8) is 0 Å². The fraction of sp³-hybridized carbons (Fsp3) is 0.400. The number of rotatable bonds is 10. The molecule has 0 radical (unpaired) electrons. The van der Waals surface area contributed by atoms with E-state index in [0.29, 0.717) is 12.5 Å². The highest BCUT2D eigenvalue weighted by Gasteiger charge is 2.47. The van der Waals surface area contributed by atoms with Crippen molar-refractivity contribution in [2.24, 2.45) is 17.6 Å². The van der Waals surface area contributed by atoms with Gasteiger partial charge in [-0.15, -0.1) is 0 Å². The lowest BCUT2D eigenvalue weighted by molar-refractivity contribution is -0.120. The van der Waals surface area contributed by atoms with Crippen LogP contribution in [-0.2, 0) is 11.2 Å². The lowest BCUT2D eigenvalue weighted by Gasteiger charge is -2.29. The first-order chi connectivity index (χ1) is 16.5. The number of nitrogens with zero attached hydrogens (tertiary/aromatic N) is 2. The molecular formula is C30H37N3O. The summed E-state index contributed by atoms with van der Waals surface area (Å²) in [6, 6.07) is 23.0. The summed E-state index contributed by atoms with van der Waals surface area (Å²) in [7, 11) is 0. The Hall–Kier alpha value is -2.98. The minimum Gasteiger partial charge on any atom is -0.326 e. The van der Waals surface area contributed by atoms with Gasteiger partial charge in [0.05, 0.1) is 0 Å². The zero-order chi connectivity index (χ0) is 24.1. The van der Waals surface area contributed by atoms with Crippen LogP contribution in [0.5, 0.6) is 0 Å². The number of anilines is 1. The molecule has 2 N–H and O–H groups in total. The van der Waals surface area contributed by atoms with Crippen LogP contribution in [0.3, 0.4) is 0 Å². The number of aryl methyl sites for hydroxylation is 1. The van der Waals surface area contributed by atoms with Crippen molar-refractivity contribution in [2.75, 3.05) is 11.4 Å². The molecule has 2 unspecified atom stereocenters. The van der Waals surface area contributed by atoms with E-state index in [2.05, 4.69) is 74.3 Å². The van der Waals surface area contributed by atoms with Crippen molar-refractivity contribution in [1.29, 1.82) is 0 Å². The van der Waals surface area contributed by atoms with Gasteiger partial charge < -0.3 is 10.6 Å². The summed E-state index contributed by atoms with van der Waals surface area (Å²) in [5.41, 5.74) is 12.2. The average Bonchev–Trinajstić information content (AvgIpc) is 3.69. The van der Waals surface area contributed by atoms with Gasteiger partial charge in [0.25, 0.3) is 0 Å². The van der Waals surface area contributed by atoms with Crippen LogP contribution in [0.2, 0.25) is 0 Å². The first kappa shape index (κ1) is 24.2. The van der Waals surface area contributed by atoms with E-state index in [1.54, 1.807) is 6.20 Å². The molecule has 4 atom stereocenters. The number of benzene rings is 2. The Morgan fingerprint density at radius 2 is 1.71 bits per heavy atom. The Morgan fingerprint density at radius 1 is 1.03 bits per heavy atom.